The number of hydrogen-bond donors (Lipinski definition) is 2. The van der Waals surface area contributed by atoms with Crippen LogP contribution in [0.1, 0.15) is 20.8 Å². The fraction of sp³-hybridized carbons (Fsp3) is 0. The van der Waals surface area contributed by atoms with Gasteiger partial charge in [-0.2, -0.15) is 0 Å². The Labute approximate surface area is 132 Å². The summed E-state index contributed by atoms with van der Waals surface area (Å²) in [5.41, 5.74) is 5.96. The average molecular weight is 307 g/mol. The summed E-state index contributed by atoms with van der Waals surface area (Å²) in [6, 6.07) is 19.4. The fourth-order valence-corrected chi connectivity index (χ4v) is 1.96. The molecule has 0 saturated heterocycles. The van der Waals surface area contributed by atoms with Gasteiger partial charge in [0.2, 0.25) is 0 Å². The number of hydrazine groups is 1. The largest absolute Gasteiger partial charge is 0.355 e. The minimum absolute atomic E-state index is 0.0808. The van der Waals surface area contributed by atoms with Crippen LogP contribution in [-0.4, -0.2) is 17.0 Å². The second kappa shape index (κ2) is 6.57. The van der Waals surface area contributed by atoms with Crippen molar-refractivity contribution < 1.29 is 14.1 Å². The number of nitrogens with one attached hydrogen (secondary N) is 2. The second-order valence-electron chi connectivity index (χ2n) is 4.72. The highest BCUT2D eigenvalue weighted by Gasteiger charge is 2.14. The van der Waals surface area contributed by atoms with E-state index in [9.17, 15) is 9.59 Å². The zero-order valence-corrected chi connectivity index (χ0v) is 12.0. The van der Waals surface area contributed by atoms with Crippen LogP contribution in [0.5, 0.6) is 0 Å². The van der Waals surface area contributed by atoms with Gasteiger partial charge >= 0.3 is 0 Å². The van der Waals surface area contributed by atoms with Gasteiger partial charge in [-0.15, -0.1) is 0 Å². The molecule has 0 aliphatic carbocycles. The Kier molecular flexibility index (Phi) is 4.15. The summed E-state index contributed by atoms with van der Waals surface area (Å²) in [5, 5.41) is 3.70. The van der Waals surface area contributed by atoms with E-state index in [-0.39, 0.29) is 5.69 Å². The monoisotopic (exact) mass is 307 g/mol. The second-order valence-corrected chi connectivity index (χ2v) is 4.72. The van der Waals surface area contributed by atoms with Crippen LogP contribution in [0.3, 0.4) is 0 Å². The highest BCUT2D eigenvalue weighted by molar-refractivity contribution is 5.98. The molecule has 0 aliphatic heterocycles. The summed E-state index contributed by atoms with van der Waals surface area (Å²) >= 11 is 0. The van der Waals surface area contributed by atoms with Crippen LogP contribution in [0.15, 0.2) is 71.3 Å². The lowest BCUT2D eigenvalue weighted by Crippen LogP contribution is -2.41. The van der Waals surface area contributed by atoms with Crippen LogP contribution in [0, 0.1) is 0 Å². The van der Waals surface area contributed by atoms with Gasteiger partial charge in [-0.25, -0.2) is 0 Å². The van der Waals surface area contributed by atoms with Gasteiger partial charge in [0, 0.05) is 17.2 Å². The third kappa shape index (κ3) is 3.44. The van der Waals surface area contributed by atoms with Crippen molar-refractivity contribution in [2.75, 3.05) is 0 Å². The van der Waals surface area contributed by atoms with Crippen molar-refractivity contribution in [2.24, 2.45) is 0 Å². The van der Waals surface area contributed by atoms with Crippen LogP contribution < -0.4 is 10.9 Å². The highest BCUT2D eigenvalue weighted by Crippen LogP contribution is 2.19. The van der Waals surface area contributed by atoms with E-state index < -0.39 is 11.8 Å². The Morgan fingerprint density at radius 3 is 2.13 bits per heavy atom. The molecule has 2 aromatic carbocycles. The molecule has 0 radical (unpaired) electrons. The first kappa shape index (κ1) is 14.5. The van der Waals surface area contributed by atoms with Crippen molar-refractivity contribution in [3.05, 3.63) is 78.0 Å². The van der Waals surface area contributed by atoms with E-state index in [1.807, 2.05) is 30.3 Å². The molecule has 0 fully saturated rings. The number of amides is 2. The number of carbonyl (C=O) groups is 2. The van der Waals surface area contributed by atoms with Crippen molar-refractivity contribution in [2.45, 2.75) is 0 Å². The van der Waals surface area contributed by atoms with Crippen LogP contribution in [0.2, 0.25) is 0 Å². The van der Waals surface area contributed by atoms with Gasteiger partial charge in [0.25, 0.3) is 11.8 Å². The molecule has 0 aliphatic rings. The zero-order valence-electron chi connectivity index (χ0n) is 12.0. The molecule has 3 aromatic rings. The number of aromatic nitrogens is 1. The third-order valence-electron chi connectivity index (χ3n) is 3.13. The van der Waals surface area contributed by atoms with E-state index >= 15 is 0 Å². The molecule has 0 spiro atoms. The van der Waals surface area contributed by atoms with Gasteiger partial charge in [0.1, 0.15) is 0 Å². The molecule has 2 N–H and O–H groups in total. The molecular formula is C17H13N3O3. The van der Waals surface area contributed by atoms with Crippen molar-refractivity contribution >= 4 is 11.8 Å². The van der Waals surface area contributed by atoms with Crippen LogP contribution in [0.25, 0.3) is 11.3 Å². The van der Waals surface area contributed by atoms with Gasteiger partial charge in [0.05, 0.1) is 0 Å². The Balaban J connectivity index is 1.63. The van der Waals surface area contributed by atoms with E-state index in [0.717, 1.165) is 5.56 Å². The molecule has 2 amide bonds. The van der Waals surface area contributed by atoms with Gasteiger partial charge in [0.15, 0.2) is 11.5 Å². The summed E-state index contributed by atoms with van der Waals surface area (Å²) in [7, 11) is 0. The van der Waals surface area contributed by atoms with E-state index in [0.29, 0.717) is 11.3 Å². The molecule has 1 aromatic heterocycles. The smallest absolute Gasteiger partial charge is 0.291 e. The number of benzene rings is 2. The molecular weight excluding hydrogens is 294 g/mol. The molecule has 1 heterocycles. The Hall–Kier alpha value is -3.41. The van der Waals surface area contributed by atoms with Crippen molar-refractivity contribution in [3.8, 4) is 11.3 Å². The normalized spacial score (nSPS) is 10.1. The predicted molar refractivity (Wildman–Crippen MR) is 83.3 cm³/mol. The molecule has 114 valence electrons. The summed E-state index contributed by atoms with van der Waals surface area (Å²) in [5.74, 6) is -0.490. The molecule has 0 atom stereocenters. The molecule has 0 saturated carbocycles. The first-order chi connectivity index (χ1) is 11.2. The predicted octanol–water partition coefficient (Wildman–Crippen LogP) is 2.42. The summed E-state index contributed by atoms with van der Waals surface area (Å²) in [6.45, 7) is 0. The van der Waals surface area contributed by atoms with Gasteiger partial charge in [-0.05, 0) is 12.1 Å². The minimum Gasteiger partial charge on any atom is -0.355 e. The Bertz CT molecular complexity index is 813. The fourth-order valence-electron chi connectivity index (χ4n) is 1.96. The Morgan fingerprint density at radius 1 is 0.826 bits per heavy atom. The van der Waals surface area contributed by atoms with Crippen molar-refractivity contribution in [1.29, 1.82) is 0 Å². The van der Waals surface area contributed by atoms with Crippen LogP contribution in [0.4, 0.5) is 0 Å². The molecule has 0 bridgehead atoms. The standard InChI is InChI=1S/C17H13N3O3/c21-16(13-9-5-2-6-10-13)18-19-17(22)14-11-15(23-20-14)12-7-3-1-4-8-12/h1-11H,(H,18,21)(H,19,22). The quantitative estimate of drug-likeness (QED) is 0.728. The number of rotatable bonds is 3. The van der Waals surface area contributed by atoms with Crippen molar-refractivity contribution in [3.63, 3.8) is 0 Å². The van der Waals surface area contributed by atoms with Gasteiger partial charge < -0.3 is 4.52 Å². The maximum Gasteiger partial charge on any atom is 0.291 e. The minimum atomic E-state index is -0.555. The third-order valence-corrected chi connectivity index (χ3v) is 3.13. The number of carbonyl (C=O) groups excluding carboxylic acids is 2. The zero-order chi connectivity index (χ0) is 16.1. The van der Waals surface area contributed by atoms with Crippen LogP contribution >= 0.6 is 0 Å². The molecule has 6 nitrogen and oxygen atoms in total. The van der Waals surface area contributed by atoms with E-state index in [1.54, 1.807) is 30.3 Å². The maximum atomic E-state index is 12.0. The average Bonchev–Trinajstić information content (AvgIpc) is 3.11. The summed E-state index contributed by atoms with van der Waals surface area (Å²) in [6.07, 6.45) is 0. The van der Waals surface area contributed by atoms with E-state index in [2.05, 4.69) is 16.0 Å². The number of nitrogens with zero attached hydrogens (tertiary/aromatic N) is 1. The lowest BCUT2D eigenvalue weighted by Gasteiger charge is -2.05. The number of hydrogen-bond acceptors (Lipinski definition) is 4. The molecule has 23 heavy (non-hydrogen) atoms. The van der Waals surface area contributed by atoms with Crippen LogP contribution in [-0.2, 0) is 0 Å². The lowest BCUT2D eigenvalue weighted by molar-refractivity contribution is 0.0841. The first-order valence-electron chi connectivity index (χ1n) is 6.92. The van der Waals surface area contributed by atoms with Gasteiger partial charge in [-0.3, -0.25) is 20.4 Å². The SMILES string of the molecule is O=C(NNC(=O)c1cc(-c2ccccc2)on1)c1ccccc1. The highest BCUT2D eigenvalue weighted by atomic mass is 16.5. The van der Waals surface area contributed by atoms with E-state index in [1.165, 1.54) is 6.07 Å². The topological polar surface area (TPSA) is 84.2 Å². The first-order valence-corrected chi connectivity index (χ1v) is 6.92. The van der Waals surface area contributed by atoms with Crippen molar-refractivity contribution in [1.82, 2.24) is 16.0 Å². The molecule has 0 unspecified atom stereocenters. The van der Waals surface area contributed by atoms with Gasteiger partial charge in [-0.1, -0.05) is 53.7 Å². The Morgan fingerprint density at radius 2 is 1.43 bits per heavy atom. The summed E-state index contributed by atoms with van der Waals surface area (Å²) < 4.78 is 5.14. The lowest BCUT2D eigenvalue weighted by atomic mass is 10.1. The van der Waals surface area contributed by atoms with E-state index in [4.69, 9.17) is 4.52 Å². The summed E-state index contributed by atoms with van der Waals surface area (Å²) in [4.78, 5) is 23.8. The maximum absolute atomic E-state index is 12.0. The molecule has 6 heteroatoms. The molecule has 3 rings (SSSR count).